The largest absolute Gasteiger partial charge is 0.465 e. The maximum Gasteiger partial charge on any atom is 0.407 e. The van der Waals surface area contributed by atoms with Gasteiger partial charge in [0, 0.05) is 37.4 Å². The molecule has 1 aliphatic heterocycles. The van der Waals surface area contributed by atoms with Gasteiger partial charge in [-0.1, -0.05) is 26.0 Å². The van der Waals surface area contributed by atoms with Crippen LogP contribution in [0.1, 0.15) is 62.3 Å². The Kier molecular flexibility index (Phi) is 6.71. The highest BCUT2D eigenvalue weighted by Crippen LogP contribution is 2.46. The van der Waals surface area contributed by atoms with Crippen molar-refractivity contribution >= 4 is 22.9 Å². The first kappa shape index (κ1) is 26.9. The lowest BCUT2D eigenvalue weighted by Gasteiger charge is -2.39. The number of rotatable bonds is 5. The van der Waals surface area contributed by atoms with Gasteiger partial charge in [0.15, 0.2) is 5.65 Å². The summed E-state index contributed by atoms with van der Waals surface area (Å²) in [6.45, 7) is 8.87. The van der Waals surface area contributed by atoms with Gasteiger partial charge in [-0.3, -0.25) is 4.98 Å². The molecule has 10 heteroatoms. The van der Waals surface area contributed by atoms with Crippen molar-refractivity contribution in [3.63, 3.8) is 0 Å². The minimum absolute atomic E-state index is 0.0208. The molecule has 1 aliphatic carbocycles. The van der Waals surface area contributed by atoms with Crippen molar-refractivity contribution < 1.29 is 14.3 Å². The zero-order chi connectivity index (χ0) is 29.0. The monoisotopic (exact) mass is 556 g/mol. The lowest BCUT2D eigenvalue weighted by Crippen LogP contribution is -2.54. The second kappa shape index (κ2) is 10.2. The van der Waals surface area contributed by atoms with Gasteiger partial charge in [0.25, 0.3) is 0 Å². The van der Waals surface area contributed by atoms with Gasteiger partial charge >= 0.3 is 11.8 Å². The van der Waals surface area contributed by atoms with E-state index >= 15 is 4.39 Å². The second-order valence-corrected chi connectivity index (χ2v) is 11.4. The third-order valence-electron chi connectivity index (χ3n) is 8.12. The van der Waals surface area contributed by atoms with Crippen molar-refractivity contribution in [2.24, 2.45) is 0 Å². The number of aryl methyl sites for hydroxylation is 1. The molecule has 0 spiro atoms. The Morgan fingerprint density at radius 2 is 1.88 bits per heavy atom. The normalized spacial score (nSPS) is 17.5. The van der Waals surface area contributed by atoms with Gasteiger partial charge in [0.2, 0.25) is 0 Å². The van der Waals surface area contributed by atoms with Crippen LogP contribution < -0.4 is 10.6 Å². The molecule has 1 saturated carbocycles. The number of nitrogens with zero attached hydrogens (tertiary/aromatic N) is 6. The first-order valence-electron chi connectivity index (χ1n) is 14.1. The molecule has 212 valence electrons. The van der Waals surface area contributed by atoms with Crippen molar-refractivity contribution in [3.05, 3.63) is 75.7 Å². The van der Waals surface area contributed by atoms with Crippen LogP contribution in [-0.2, 0) is 0 Å². The summed E-state index contributed by atoms with van der Waals surface area (Å²) >= 11 is 0. The molecule has 1 unspecified atom stereocenters. The van der Waals surface area contributed by atoms with Crippen LogP contribution in [0.4, 0.5) is 15.0 Å². The Morgan fingerprint density at radius 1 is 1.12 bits per heavy atom. The van der Waals surface area contributed by atoms with E-state index in [9.17, 15) is 14.7 Å². The van der Waals surface area contributed by atoms with Crippen molar-refractivity contribution in [1.82, 2.24) is 24.4 Å². The molecular formula is C31H33FN6O3. The van der Waals surface area contributed by atoms with E-state index in [0.717, 1.165) is 29.7 Å². The van der Waals surface area contributed by atoms with Crippen LogP contribution in [0.2, 0.25) is 0 Å². The standard InChI is InChI=1S/C31H33FN6O3/c1-17(2)25-27(18(3)11-12-33-25)38-29-23(28(35-30(38)39)37-14-13-36(31(40)41)16-19(37)4)15-22(20-9-10-20)26(34-29)21-7-5-6-8-24(21)32/h5-8,11-12,15,17,19-20H,9-10,13-14,16H2,1-4H3,(H,40,41). The van der Waals surface area contributed by atoms with Gasteiger partial charge in [-0.25, -0.2) is 23.5 Å². The van der Waals surface area contributed by atoms with Crippen molar-refractivity contribution in [3.8, 4) is 16.9 Å². The molecular weight excluding hydrogens is 523 g/mol. The Hall–Kier alpha value is -4.34. The summed E-state index contributed by atoms with van der Waals surface area (Å²) in [6, 6.07) is 10.3. The number of aromatic nitrogens is 4. The third-order valence-corrected chi connectivity index (χ3v) is 8.12. The van der Waals surface area contributed by atoms with Crippen LogP contribution in [0.15, 0.2) is 47.4 Å². The number of hydrogen-bond acceptors (Lipinski definition) is 6. The Labute approximate surface area is 237 Å². The number of benzene rings is 1. The molecule has 1 atom stereocenters. The number of piperazine rings is 1. The van der Waals surface area contributed by atoms with Crippen LogP contribution in [0.25, 0.3) is 28.0 Å². The zero-order valence-electron chi connectivity index (χ0n) is 23.6. The van der Waals surface area contributed by atoms with Crippen LogP contribution in [0.3, 0.4) is 0 Å². The van der Waals surface area contributed by atoms with E-state index in [4.69, 9.17) is 4.98 Å². The number of anilines is 1. The highest BCUT2D eigenvalue weighted by molar-refractivity contribution is 5.92. The van der Waals surface area contributed by atoms with Gasteiger partial charge in [-0.15, -0.1) is 0 Å². The van der Waals surface area contributed by atoms with Crippen molar-refractivity contribution in [1.29, 1.82) is 0 Å². The van der Waals surface area contributed by atoms with E-state index in [1.807, 2.05) is 44.7 Å². The molecule has 0 radical (unpaired) electrons. The summed E-state index contributed by atoms with van der Waals surface area (Å²) in [5.74, 6) is 0.360. The van der Waals surface area contributed by atoms with E-state index < -0.39 is 11.8 Å². The Bertz CT molecular complexity index is 1730. The highest BCUT2D eigenvalue weighted by atomic mass is 19.1. The molecule has 3 aromatic heterocycles. The van der Waals surface area contributed by atoms with E-state index in [-0.39, 0.29) is 30.2 Å². The van der Waals surface area contributed by atoms with Crippen molar-refractivity contribution in [2.75, 3.05) is 24.5 Å². The van der Waals surface area contributed by atoms with Crippen LogP contribution >= 0.6 is 0 Å². The topological polar surface area (TPSA) is 104 Å². The summed E-state index contributed by atoms with van der Waals surface area (Å²) in [5, 5.41) is 10.2. The molecule has 1 aromatic carbocycles. The van der Waals surface area contributed by atoms with Gasteiger partial charge in [-0.05, 0) is 73.9 Å². The van der Waals surface area contributed by atoms with Gasteiger partial charge in [-0.2, -0.15) is 4.98 Å². The molecule has 0 bridgehead atoms. The van der Waals surface area contributed by atoms with Gasteiger partial charge in [0.1, 0.15) is 11.6 Å². The van der Waals surface area contributed by atoms with Crippen LogP contribution in [0, 0.1) is 12.7 Å². The van der Waals surface area contributed by atoms with Crippen LogP contribution in [-0.4, -0.2) is 61.3 Å². The number of hydrogen-bond donors (Lipinski definition) is 1. The maximum absolute atomic E-state index is 15.2. The molecule has 9 nitrogen and oxygen atoms in total. The summed E-state index contributed by atoms with van der Waals surface area (Å²) in [6.07, 6.45) is 2.72. The fraction of sp³-hybridized carbons (Fsp3) is 0.387. The average Bonchev–Trinajstić information content (AvgIpc) is 3.78. The maximum atomic E-state index is 15.2. The van der Waals surface area contributed by atoms with Gasteiger partial charge < -0.3 is 14.9 Å². The molecule has 4 aromatic rings. The van der Waals surface area contributed by atoms with Crippen LogP contribution in [0.5, 0.6) is 0 Å². The molecule has 1 saturated heterocycles. The third kappa shape index (κ3) is 4.71. The number of fused-ring (bicyclic) bond motifs is 1. The number of carboxylic acid groups (broad SMARTS) is 1. The molecule has 6 rings (SSSR count). The van der Waals surface area contributed by atoms with E-state index in [1.54, 1.807) is 24.4 Å². The number of halogens is 1. The molecule has 1 amide bonds. The molecule has 41 heavy (non-hydrogen) atoms. The number of carbonyl (C=O) groups is 1. The number of pyridine rings is 2. The van der Waals surface area contributed by atoms with Crippen molar-refractivity contribution in [2.45, 2.75) is 58.4 Å². The fourth-order valence-electron chi connectivity index (χ4n) is 5.87. The van der Waals surface area contributed by atoms with E-state index in [2.05, 4.69) is 9.97 Å². The second-order valence-electron chi connectivity index (χ2n) is 11.4. The first-order chi connectivity index (χ1) is 19.7. The molecule has 2 fully saturated rings. The lowest BCUT2D eigenvalue weighted by molar-refractivity contribution is 0.136. The highest BCUT2D eigenvalue weighted by Gasteiger charge is 2.33. The molecule has 4 heterocycles. The van der Waals surface area contributed by atoms with Gasteiger partial charge in [0.05, 0.1) is 22.5 Å². The Balaban J connectivity index is 1.68. The average molecular weight is 557 g/mol. The summed E-state index contributed by atoms with van der Waals surface area (Å²) < 4.78 is 16.7. The lowest BCUT2D eigenvalue weighted by atomic mass is 9.99. The summed E-state index contributed by atoms with van der Waals surface area (Å²) in [4.78, 5) is 43.4. The quantitative estimate of drug-likeness (QED) is 0.347. The fourth-order valence-corrected chi connectivity index (χ4v) is 5.87. The van der Waals surface area contributed by atoms with E-state index in [0.29, 0.717) is 46.9 Å². The number of amides is 1. The first-order valence-corrected chi connectivity index (χ1v) is 14.1. The predicted molar refractivity (Wildman–Crippen MR) is 156 cm³/mol. The summed E-state index contributed by atoms with van der Waals surface area (Å²) in [7, 11) is 0. The molecule has 2 aliphatic rings. The zero-order valence-corrected chi connectivity index (χ0v) is 23.6. The smallest absolute Gasteiger partial charge is 0.407 e. The summed E-state index contributed by atoms with van der Waals surface area (Å²) in [5.41, 5.74) is 3.95. The SMILES string of the molecule is Cc1ccnc(C(C)C)c1-n1c(=O)nc(N2CCN(C(=O)O)CC2C)c2cc(C3CC3)c(-c3ccccc3F)nc21. The minimum Gasteiger partial charge on any atom is -0.465 e. The predicted octanol–water partition coefficient (Wildman–Crippen LogP) is 5.48. The van der Waals surface area contributed by atoms with E-state index in [1.165, 1.54) is 15.5 Å². The molecule has 1 N–H and O–H groups in total. The minimum atomic E-state index is -0.967. The Morgan fingerprint density at radius 3 is 2.54 bits per heavy atom.